The fourth-order valence-corrected chi connectivity index (χ4v) is 1.83. The van der Waals surface area contributed by atoms with E-state index in [1.807, 2.05) is 30.3 Å². The predicted molar refractivity (Wildman–Crippen MR) is 67.5 cm³/mol. The number of rotatable bonds is 3. The van der Waals surface area contributed by atoms with Gasteiger partial charge in [0.2, 0.25) is 0 Å². The highest BCUT2D eigenvalue weighted by atomic mass is 16.3. The average Bonchev–Trinajstić information content (AvgIpc) is 2.71. The van der Waals surface area contributed by atoms with Crippen LogP contribution in [0.15, 0.2) is 40.8 Å². The van der Waals surface area contributed by atoms with Crippen LogP contribution in [-0.4, -0.2) is 13.6 Å². The first-order chi connectivity index (χ1) is 8.09. The summed E-state index contributed by atoms with van der Waals surface area (Å²) in [6.07, 6.45) is 0. The molecule has 0 aliphatic rings. The molecule has 2 rings (SSSR count). The Balaban J connectivity index is 2.35. The minimum atomic E-state index is -0.331. The fourth-order valence-electron chi connectivity index (χ4n) is 1.83. The number of benzene rings is 1. The first-order valence-electron chi connectivity index (χ1n) is 5.51. The zero-order valence-electron chi connectivity index (χ0n) is 9.94. The fraction of sp³-hybridized carbons (Fsp3) is 0.214. The second-order valence-electron chi connectivity index (χ2n) is 4.06. The second kappa shape index (κ2) is 4.62. The Morgan fingerprint density at radius 3 is 2.47 bits per heavy atom. The van der Waals surface area contributed by atoms with Gasteiger partial charge < -0.3 is 4.42 Å². The highest BCUT2D eigenvalue weighted by Gasteiger charge is 2.16. The largest absolute Gasteiger partial charge is 0.466 e. The summed E-state index contributed by atoms with van der Waals surface area (Å²) < 4.78 is 5.55. The van der Waals surface area contributed by atoms with Crippen LogP contribution in [0.3, 0.4) is 0 Å². The van der Waals surface area contributed by atoms with Crippen molar-refractivity contribution in [3.8, 4) is 0 Å². The van der Waals surface area contributed by atoms with Crippen LogP contribution in [-0.2, 0) is 0 Å². The third-order valence-corrected chi connectivity index (χ3v) is 2.78. The minimum absolute atomic E-state index is 0.00207. The molecule has 0 bridgehead atoms. The molecule has 1 unspecified atom stereocenters. The summed E-state index contributed by atoms with van der Waals surface area (Å²) in [5, 5.41) is 0. The summed E-state index contributed by atoms with van der Waals surface area (Å²) in [5.41, 5.74) is 1.57. The van der Waals surface area contributed by atoms with Crippen LogP contribution in [0.25, 0.3) is 0 Å². The van der Waals surface area contributed by atoms with Crippen LogP contribution in [0, 0.1) is 6.92 Å². The van der Waals surface area contributed by atoms with Crippen LogP contribution in [0.1, 0.15) is 40.2 Å². The summed E-state index contributed by atoms with van der Waals surface area (Å²) in [6.45, 7) is 3.30. The zero-order valence-corrected chi connectivity index (χ0v) is 9.94. The molecule has 0 fully saturated rings. The van der Waals surface area contributed by atoms with E-state index in [0.717, 1.165) is 5.56 Å². The minimum Gasteiger partial charge on any atom is -0.466 e. The molecule has 1 aromatic carbocycles. The van der Waals surface area contributed by atoms with E-state index in [2.05, 4.69) is 0 Å². The summed E-state index contributed by atoms with van der Waals surface area (Å²) in [5.74, 6) is 0.915. The molecule has 0 aliphatic carbocycles. The van der Waals surface area contributed by atoms with Crippen molar-refractivity contribution >= 4 is 13.6 Å². The van der Waals surface area contributed by atoms with E-state index in [-0.39, 0.29) is 11.6 Å². The molecule has 1 atom stereocenters. The lowest BCUT2D eigenvalue weighted by atomic mass is 9.79. The number of hydrogen-bond acceptors (Lipinski definition) is 2. The van der Waals surface area contributed by atoms with Gasteiger partial charge in [0.15, 0.2) is 5.78 Å². The molecular weight excluding hydrogens is 211 g/mol. The van der Waals surface area contributed by atoms with Crippen LogP contribution in [0.4, 0.5) is 0 Å². The highest BCUT2D eigenvalue weighted by molar-refractivity contribution is 6.14. The Kier molecular flexibility index (Phi) is 3.18. The molecular formula is C14H13BO2. The van der Waals surface area contributed by atoms with Gasteiger partial charge in [-0.3, -0.25) is 4.79 Å². The molecule has 3 heteroatoms. The number of carbonyl (C=O) groups is 1. The number of hydrogen-bond donors (Lipinski definition) is 0. The lowest BCUT2D eigenvalue weighted by Gasteiger charge is -2.08. The van der Waals surface area contributed by atoms with Crippen molar-refractivity contribution in [1.29, 1.82) is 0 Å². The smallest absolute Gasteiger partial charge is 0.163 e. The van der Waals surface area contributed by atoms with Crippen molar-refractivity contribution < 1.29 is 9.21 Å². The van der Waals surface area contributed by atoms with E-state index in [0.29, 0.717) is 17.1 Å². The van der Waals surface area contributed by atoms with E-state index >= 15 is 0 Å². The third-order valence-electron chi connectivity index (χ3n) is 2.78. The number of carbonyl (C=O) groups excluding carboxylic acids is 1. The summed E-state index contributed by atoms with van der Waals surface area (Å²) in [7, 11) is 6.09. The van der Waals surface area contributed by atoms with Crippen LogP contribution < -0.4 is 0 Å². The quantitative estimate of drug-likeness (QED) is 0.592. The molecule has 1 aromatic heterocycles. The Morgan fingerprint density at radius 1 is 1.29 bits per heavy atom. The van der Waals surface area contributed by atoms with Crippen LogP contribution in [0.2, 0.25) is 0 Å². The average molecular weight is 224 g/mol. The topological polar surface area (TPSA) is 30.2 Å². The normalized spacial score (nSPS) is 12.4. The lowest BCUT2D eigenvalue weighted by Crippen LogP contribution is -1.98. The van der Waals surface area contributed by atoms with E-state index in [4.69, 9.17) is 12.3 Å². The first kappa shape index (κ1) is 11.7. The second-order valence-corrected chi connectivity index (χ2v) is 4.06. The summed E-state index contributed by atoms with van der Waals surface area (Å²) >= 11 is 0. The van der Waals surface area contributed by atoms with Gasteiger partial charge in [-0.25, -0.2) is 0 Å². The van der Waals surface area contributed by atoms with Gasteiger partial charge in [0.05, 0.1) is 13.4 Å². The standard InChI is InChI=1S/C14H13BO2/c1-9(16)12-8-13(17-10(12)2)14(15)11-6-4-3-5-7-11/h3-8,14H,1-2H3. The monoisotopic (exact) mass is 224 g/mol. The third kappa shape index (κ3) is 2.33. The number of ketones is 1. The van der Waals surface area contributed by atoms with E-state index in [1.165, 1.54) is 6.92 Å². The SMILES string of the molecule is [B]C(c1ccccc1)c1cc(C(C)=O)c(C)o1. The van der Waals surface area contributed by atoms with Gasteiger partial charge in [-0.05, 0) is 25.5 Å². The molecule has 84 valence electrons. The molecule has 0 amide bonds. The molecule has 0 saturated carbocycles. The molecule has 2 radical (unpaired) electrons. The van der Waals surface area contributed by atoms with Crippen molar-refractivity contribution in [2.45, 2.75) is 19.7 Å². The molecule has 0 aliphatic heterocycles. The Hall–Kier alpha value is -1.77. The maximum atomic E-state index is 11.3. The van der Waals surface area contributed by atoms with Gasteiger partial charge >= 0.3 is 0 Å². The van der Waals surface area contributed by atoms with Crippen molar-refractivity contribution in [1.82, 2.24) is 0 Å². The molecule has 0 spiro atoms. The van der Waals surface area contributed by atoms with Gasteiger partial charge in [-0.1, -0.05) is 30.3 Å². The first-order valence-corrected chi connectivity index (χ1v) is 5.51. The summed E-state index contributed by atoms with van der Waals surface area (Å²) in [4.78, 5) is 11.3. The Labute approximate surface area is 102 Å². The number of aryl methyl sites for hydroxylation is 1. The molecule has 0 N–H and O–H groups in total. The maximum absolute atomic E-state index is 11.3. The van der Waals surface area contributed by atoms with E-state index in [9.17, 15) is 4.79 Å². The number of Topliss-reactive ketones (excluding diaryl/α,β-unsaturated/α-hetero) is 1. The van der Waals surface area contributed by atoms with Gasteiger partial charge in [0.1, 0.15) is 11.5 Å². The van der Waals surface area contributed by atoms with Gasteiger partial charge in [0, 0.05) is 5.82 Å². The van der Waals surface area contributed by atoms with E-state index < -0.39 is 0 Å². The van der Waals surface area contributed by atoms with Gasteiger partial charge in [-0.2, -0.15) is 0 Å². The molecule has 17 heavy (non-hydrogen) atoms. The zero-order chi connectivity index (χ0) is 12.4. The maximum Gasteiger partial charge on any atom is 0.163 e. The summed E-state index contributed by atoms with van der Waals surface area (Å²) in [6, 6.07) is 11.4. The van der Waals surface area contributed by atoms with E-state index in [1.54, 1.807) is 13.0 Å². The van der Waals surface area contributed by atoms with Crippen molar-refractivity contribution in [3.05, 3.63) is 59.0 Å². The van der Waals surface area contributed by atoms with Crippen molar-refractivity contribution in [2.75, 3.05) is 0 Å². The van der Waals surface area contributed by atoms with Crippen LogP contribution in [0.5, 0.6) is 0 Å². The molecule has 2 nitrogen and oxygen atoms in total. The van der Waals surface area contributed by atoms with Gasteiger partial charge in [-0.15, -0.1) is 0 Å². The van der Waals surface area contributed by atoms with Crippen molar-refractivity contribution in [2.24, 2.45) is 0 Å². The van der Waals surface area contributed by atoms with Gasteiger partial charge in [0.25, 0.3) is 0 Å². The molecule has 0 saturated heterocycles. The number of furan rings is 1. The van der Waals surface area contributed by atoms with Crippen LogP contribution >= 0.6 is 0 Å². The highest BCUT2D eigenvalue weighted by Crippen LogP contribution is 2.25. The Bertz CT molecular complexity index is 528. The predicted octanol–water partition coefficient (Wildman–Crippen LogP) is 3.05. The molecule has 2 aromatic rings. The Morgan fingerprint density at radius 2 is 1.94 bits per heavy atom. The lowest BCUT2D eigenvalue weighted by molar-refractivity contribution is 0.101. The van der Waals surface area contributed by atoms with Crippen molar-refractivity contribution in [3.63, 3.8) is 0 Å². The molecule has 1 heterocycles.